The van der Waals surface area contributed by atoms with Crippen LogP contribution in [0.1, 0.15) is 37.7 Å². The summed E-state index contributed by atoms with van der Waals surface area (Å²) in [6.07, 6.45) is 4.83. The largest absolute Gasteiger partial charge is 0.456 e. The summed E-state index contributed by atoms with van der Waals surface area (Å²) in [6.45, 7) is -0.439. The summed E-state index contributed by atoms with van der Waals surface area (Å²) in [5.41, 5.74) is 1.03. The van der Waals surface area contributed by atoms with Crippen LogP contribution in [-0.4, -0.2) is 30.6 Å². The zero-order valence-electron chi connectivity index (χ0n) is 13.0. The van der Waals surface area contributed by atoms with Crippen LogP contribution in [-0.2, 0) is 20.7 Å². The highest BCUT2D eigenvalue weighted by molar-refractivity contribution is 5.95. The van der Waals surface area contributed by atoms with Crippen LogP contribution in [0.2, 0.25) is 0 Å². The van der Waals surface area contributed by atoms with Crippen molar-refractivity contribution in [3.05, 3.63) is 35.9 Å². The topological polar surface area (TPSA) is 84.5 Å². The van der Waals surface area contributed by atoms with Gasteiger partial charge in [-0.15, -0.1) is 0 Å². The lowest BCUT2D eigenvalue weighted by Crippen LogP contribution is -2.45. The first-order chi connectivity index (χ1) is 11.1. The normalized spacial score (nSPS) is 14.3. The van der Waals surface area contributed by atoms with Gasteiger partial charge in [0.2, 0.25) is 0 Å². The molecule has 0 heterocycles. The molecule has 1 aromatic rings. The van der Waals surface area contributed by atoms with Gasteiger partial charge in [0, 0.05) is 12.5 Å². The second-order valence-corrected chi connectivity index (χ2v) is 5.65. The van der Waals surface area contributed by atoms with Crippen LogP contribution in [0, 0.1) is 0 Å². The van der Waals surface area contributed by atoms with Crippen molar-refractivity contribution in [1.82, 2.24) is 10.6 Å². The van der Waals surface area contributed by atoms with Gasteiger partial charge in [-0.2, -0.15) is 0 Å². The number of nitrogens with one attached hydrogen (secondary N) is 2. The lowest BCUT2D eigenvalue weighted by molar-refractivity contribution is -0.148. The molecule has 0 aromatic heterocycles. The van der Waals surface area contributed by atoms with Gasteiger partial charge in [-0.1, -0.05) is 43.2 Å². The highest BCUT2D eigenvalue weighted by Crippen LogP contribution is 2.17. The van der Waals surface area contributed by atoms with E-state index in [1.165, 1.54) is 0 Å². The van der Waals surface area contributed by atoms with E-state index in [0.29, 0.717) is 6.42 Å². The van der Waals surface area contributed by atoms with Crippen LogP contribution >= 0.6 is 0 Å². The third-order valence-corrected chi connectivity index (χ3v) is 3.77. The van der Waals surface area contributed by atoms with Crippen molar-refractivity contribution >= 4 is 17.9 Å². The summed E-state index contributed by atoms with van der Waals surface area (Å²) in [4.78, 5) is 34.7. The lowest BCUT2D eigenvalue weighted by atomic mass is 10.1. The Morgan fingerprint density at radius 3 is 2.48 bits per heavy atom. The van der Waals surface area contributed by atoms with Gasteiger partial charge >= 0.3 is 12.0 Å². The standard InChI is InChI=1S/C17H22N2O4/c20-15(19-17(22)18-14-8-4-5-9-14)12-23-16(21)11-10-13-6-2-1-3-7-13/h1-3,6-7,14H,4-5,8-12H2,(H2,18,19,20,22). The Morgan fingerprint density at radius 1 is 1.09 bits per heavy atom. The van der Waals surface area contributed by atoms with Crippen LogP contribution in [0.5, 0.6) is 0 Å². The fourth-order valence-corrected chi connectivity index (χ4v) is 2.56. The van der Waals surface area contributed by atoms with Crippen molar-refractivity contribution in [3.63, 3.8) is 0 Å². The highest BCUT2D eigenvalue weighted by atomic mass is 16.5. The minimum Gasteiger partial charge on any atom is -0.456 e. The first-order valence-corrected chi connectivity index (χ1v) is 7.93. The Labute approximate surface area is 135 Å². The molecule has 0 saturated heterocycles. The monoisotopic (exact) mass is 318 g/mol. The maximum Gasteiger partial charge on any atom is 0.321 e. The summed E-state index contributed by atoms with van der Waals surface area (Å²) < 4.78 is 4.87. The molecule has 1 saturated carbocycles. The quantitative estimate of drug-likeness (QED) is 0.785. The summed E-state index contributed by atoms with van der Waals surface area (Å²) in [6, 6.07) is 9.16. The van der Waals surface area contributed by atoms with E-state index in [9.17, 15) is 14.4 Å². The summed E-state index contributed by atoms with van der Waals surface area (Å²) in [5.74, 6) is -1.08. The molecule has 2 rings (SSSR count). The minimum absolute atomic E-state index is 0.135. The second-order valence-electron chi connectivity index (χ2n) is 5.65. The van der Waals surface area contributed by atoms with Crippen LogP contribution in [0.3, 0.4) is 0 Å². The van der Waals surface area contributed by atoms with Crippen LogP contribution < -0.4 is 10.6 Å². The number of imide groups is 1. The van der Waals surface area contributed by atoms with Crippen LogP contribution in [0.25, 0.3) is 0 Å². The first-order valence-electron chi connectivity index (χ1n) is 7.93. The van der Waals surface area contributed by atoms with E-state index in [-0.39, 0.29) is 12.5 Å². The van der Waals surface area contributed by atoms with Crippen molar-refractivity contribution in [2.75, 3.05) is 6.61 Å². The number of benzene rings is 1. The molecule has 1 aliphatic carbocycles. The van der Waals surface area contributed by atoms with Gasteiger partial charge in [-0.3, -0.25) is 14.9 Å². The zero-order valence-corrected chi connectivity index (χ0v) is 13.0. The fourth-order valence-electron chi connectivity index (χ4n) is 2.56. The number of carbonyl (C=O) groups excluding carboxylic acids is 3. The molecule has 0 aliphatic heterocycles. The third-order valence-electron chi connectivity index (χ3n) is 3.77. The molecule has 0 atom stereocenters. The molecular weight excluding hydrogens is 296 g/mol. The maximum absolute atomic E-state index is 11.6. The Bertz CT molecular complexity index is 539. The molecule has 2 N–H and O–H groups in total. The molecule has 0 bridgehead atoms. The first kappa shape index (κ1) is 17.0. The molecule has 0 unspecified atom stereocenters. The van der Waals surface area contributed by atoms with Gasteiger partial charge in [-0.05, 0) is 24.8 Å². The molecule has 23 heavy (non-hydrogen) atoms. The van der Waals surface area contributed by atoms with Gasteiger partial charge in [0.25, 0.3) is 5.91 Å². The summed E-state index contributed by atoms with van der Waals surface area (Å²) in [7, 11) is 0. The van der Waals surface area contributed by atoms with E-state index in [0.717, 1.165) is 31.2 Å². The Kier molecular flexibility index (Phi) is 6.59. The van der Waals surface area contributed by atoms with Crippen LogP contribution in [0.4, 0.5) is 4.79 Å². The van der Waals surface area contributed by atoms with Gasteiger partial charge in [0.05, 0.1) is 0 Å². The lowest BCUT2D eigenvalue weighted by Gasteiger charge is -2.12. The molecule has 0 spiro atoms. The number of amides is 3. The van der Waals surface area contributed by atoms with Gasteiger partial charge in [-0.25, -0.2) is 4.79 Å². The van der Waals surface area contributed by atoms with Crippen molar-refractivity contribution in [2.45, 2.75) is 44.6 Å². The van der Waals surface area contributed by atoms with Crippen molar-refractivity contribution in [2.24, 2.45) is 0 Å². The van der Waals surface area contributed by atoms with Crippen molar-refractivity contribution < 1.29 is 19.1 Å². The Morgan fingerprint density at radius 2 is 1.78 bits per heavy atom. The van der Waals surface area contributed by atoms with Gasteiger partial charge in [0.1, 0.15) is 0 Å². The molecule has 6 heteroatoms. The van der Waals surface area contributed by atoms with E-state index in [2.05, 4.69) is 10.6 Å². The number of hydrogen-bond donors (Lipinski definition) is 2. The number of ether oxygens (including phenoxy) is 1. The molecule has 124 valence electrons. The molecule has 1 aliphatic rings. The van der Waals surface area contributed by atoms with Gasteiger partial charge in [0.15, 0.2) is 6.61 Å². The summed E-state index contributed by atoms with van der Waals surface area (Å²) in [5, 5.41) is 4.90. The van der Waals surface area contributed by atoms with E-state index in [1.54, 1.807) is 0 Å². The molecule has 1 aromatic carbocycles. The Balaban J connectivity index is 1.59. The molecular formula is C17H22N2O4. The SMILES string of the molecule is O=C(COC(=O)CCc1ccccc1)NC(=O)NC1CCCC1. The Hall–Kier alpha value is -2.37. The predicted molar refractivity (Wildman–Crippen MR) is 84.7 cm³/mol. The minimum atomic E-state index is -0.617. The zero-order chi connectivity index (χ0) is 16.5. The number of aryl methyl sites for hydroxylation is 1. The molecule has 3 amide bonds. The van der Waals surface area contributed by atoms with Crippen LogP contribution in [0.15, 0.2) is 30.3 Å². The predicted octanol–water partition coefficient (Wildman–Crippen LogP) is 1.93. The van der Waals surface area contributed by atoms with E-state index >= 15 is 0 Å². The number of urea groups is 1. The highest BCUT2D eigenvalue weighted by Gasteiger charge is 2.18. The van der Waals surface area contributed by atoms with E-state index < -0.39 is 24.5 Å². The van der Waals surface area contributed by atoms with Crippen molar-refractivity contribution in [1.29, 1.82) is 0 Å². The molecule has 1 fully saturated rings. The van der Waals surface area contributed by atoms with E-state index in [1.807, 2.05) is 30.3 Å². The molecule has 0 radical (unpaired) electrons. The average molecular weight is 318 g/mol. The van der Waals surface area contributed by atoms with Gasteiger partial charge < -0.3 is 10.1 Å². The molecule has 6 nitrogen and oxygen atoms in total. The van der Waals surface area contributed by atoms with E-state index in [4.69, 9.17) is 4.74 Å². The number of rotatable bonds is 6. The van der Waals surface area contributed by atoms with Crippen molar-refractivity contribution in [3.8, 4) is 0 Å². The average Bonchev–Trinajstić information content (AvgIpc) is 3.04. The number of carbonyl (C=O) groups is 3. The maximum atomic E-state index is 11.6. The number of esters is 1. The summed E-state index contributed by atoms with van der Waals surface area (Å²) >= 11 is 0. The third kappa shape index (κ3) is 6.50. The fraction of sp³-hybridized carbons (Fsp3) is 0.471. The number of hydrogen-bond acceptors (Lipinski definition) is 4. The second kappa shape index (κ2) is 8.92. The smallest absolute Gasteiger partial charge is 0.321 e.